The van der Waals surface area contributed by atoms with E-state index in [2.05, 4.69) is 20.5 Å². The van der Waals surface area contributed by atoms with Crippen LogP contribution < -0.4 is 15.5 Å². The molecule has 1 aliphatic rings. The van der Waals surface area contributed by atoms with Crippen LogP contribution in [0.5, 0.6) is 0 Å². The molecule has 7 heteroatoms. The lowest BCUT2D eigenvalue weighted by Gasteiger charge is -2.26. The van der Waals surface area contributed by atoms with E-state index in [1.165, 1.54) is 0 Å². The normalized spacial score (nSPS) is 14.6. The van der Waals surface area contributed by atoms with Crippen LogP contribution in [0.25, 0.3) is 0 Å². The zero-order valence-electron chi connectivity index (χ0n) is 15.9. The maximum absolute atomic E-state index is 12.3. The summed E-state index contributed by atoms with van der Waals surface area (Å²) in [7, 11) is 3.96. The number of nitrogens with zero attached hydrogens (tertiary/aromatic N) is 3. The van der Waals surface area contributed by atoms with E-state index in [1.807, 2.05) is 49.3 Å². The summed E-state index contributed by atoms with van der Waals surface area (Å²) < 4.78 is 5.35. The Morgan fingerprint density at radius 2 is 1.81 bits per heavy atom. The Hall–Kier alpha value is -2.64. The Kier molecular flexibility index (Phi) is 6.62. The van der Waals surface area contributed by atoms with Crippen LogP contribution in [0.3, 0.4) is 0 Å². The fourth-order valence-electron chi connectivity index (χ4n) is 2.85. The third-order valence-corrected chi connectivity index (χ3v) is 4.50. The van der Waals surface area contributed by atoms with Crippen LogP contribution in [0.15, 0.2) is 42.6 Å². The highest BCUT2D eigenvalue weighted by Crippen LogP contribution is 2.16. The summed E-state index contributed by atoms with van der Waals surface area (Å²) in [5.74, 6) is -0.215. The summed E-state index contributed by atoms with van der Waals surface area (Å²) in [6, 6.07) is 11.3. The average molecular weight is 369 g/mol. The number of rotatable bonds is 7. The Morgan fingerprint density at radius 3 is 2.44 bits per heavy atom. The molecule has 0 radical (unpaired) electrons. The molecule has 2 heterocycles. The van der Waals surface area contributed by atoms with Crippen molar-refractivity contribution in [1.82, 2.24) is 9.88 Å². The van der Waals surface area contributed by atoms with Gasteiger partial charge in [0.1, 0.15) is 5.69 Å². The number of hydrogen-bond donors (Lipinski definition) is 2. The topological polar surface area (TPSA) is 69.7 Å². The van der Waals surface area contributed by atoms with E-state index in [4.69, 9.17) is 4.74 Å². The third-order valence-electron chi connectivity index (χ3n) is 4.50. The molecule has 1 saturated heterocycles. The number of nitrogens with one attached hydrogen (secondary N) is 2. The van der Waals surface area contributed by atoms with Crippen molar-refractivity contribution in [2.75, 3.05) is 69.0 Å². The molecule has 0 atom stereocenters. The summed E-state index contributed by atoms with van der Waals surface area (Å²) in [5.41, 5.74) is 3.14. The van der Waals surface area contributed by atoms with Gasteiger partial charge < -0.3 is 20.3 Å². The summed E-state index contributed by atoms with van der Waals surface area (Å²) in [4.78, 5) is 21.0. The van der Waals surface area contributed by atoms with Crippen molar-refractivity contribution in [2.24, 2.45) is 0 Å². The van der Waals surface area contributed by atoms with Crippen molar-refractivity contribution in [3.05, 3.63) is 48.3 Å². The summed E-state index contributed by atoms with van der Waals surface area (Å²) in [6.45, 7) is 5.38. The number of pyridine rings is 1. The fourth-order valence-corrected chi connectivity index (χ4v) is 2.85. The van der Waals surface area contributed by atoms with E-state index in [0.29, 0.717) is 5.69 Å². The van der Waals surface area contributed by atoms with Gasteiger partial charge in [-0.25, -0.2) is 4.98 Å². The fraction of sp³-hybridized carbons (Fsp3) is 0.400. The molecule has 0 bridgehead atoms. The van der Waals surface area contributed by atoms with Gasteiger partial charge in [-0.05, 0) is 36.4 Å². The lowest BCUT2D eigenvalue weighted by molar-refractivity contribution is 0.0398. The molecule has 1 aliphatic heterocycles. The van der Waals surface area contributed by atoms with E-state index in [0.717, 1.165) is 56.5 Å². The van der Waals surface area contributed by atoms with Crippen molar-refractivity contribution < 1.29 is 9.53 Å². The number of aromatic nitrogens is 1. The first-order chi connectivity index (χ1) is 13.1. The van der Waals surface area contributed by atoms with Crippen molar-refractivity contribution in [3.8, 4) is 0 Å². The molecule has 0 spiro atoms. The van der Waals surface area contributed by atoms with Gasteiger partial charge in [-0.3, -0.25) is 9.69 Å². The molecular formula is C20H27N5O2. The van der Waals surface area contributed by atoms with Gasteiger partial charge in [0, 0.05) is 51.6 Å². The number of ether oxygens (including phenoxy) is 1. The van der Waals surface area contributed by atoms with Crippen molar-refractivity contribution in [3.63, 3.8) is 0 Å². The van der Waals surface area contributed by atoms with E-state index >= 15 is 0 Å². The van der Waals surface area contributed by atoms with Crippen LogP contribution in [0.2, 0.25) is 0 Å². The molecule has 3 rings (SSSR count). The second kappa shape index (κ2) is 9.34. The van der Waals surface area contributed by atoms with Crippen LogP contribution in [-0.2, 0) is 4.74 Å². The third kappa shape index (κ3) is 5.67. The van der Waals surface area contributed by atoms with E-state index in [9.17, 15) is 4.79 Å². The van der Waals surface area contributed by atoms with Gasteiger partial charge in [-0.15, -0.1) is 0 Å². The Morgan fingerprint density at radius 1 is 1.11 bits per heavy atom. The first kappa shape index (κ1) is 19.1. The number of morpholine rings is 1. The van der Waals surface area contributed by atoms with Gasteiger partial charge in [-0.1, -0.05) is 0 Å². The van der Waals surface area contributed by atoms with Crippen LogP contribution in [-0.4, -0.2) is 69.3 Å². The summed E-state index contributed by atoms with van der Waals surface area (Å²) >= 11 is 0. The van der Waals surface area contributed by atoms with Gasteiger partial charge >= 0.3 is 0 Å². The van der Waals surface area contributed by atoms with Crippen LogP contribution in [0.1, 0.15) is 10.5 Å². The summed E-state index contributed by atoms with van der Waals surface area (Å²) in [6.07, 6.45) is 1.70. The molecule has 2 aromatic rings. The highest BCUT2D eigenvalue weighted by atomic mass is 16.5. The lowest BCUT2D eigenvalue weighted by Crippen LogP contribution is -2.39. The van der Waals surface area contributed by atoms with Crippen LogP contribution >= 0.6 is 0 Å². The Bertz CT molecular complexity index is 725. The largest absolute Gasteiger partial charge is 0.383 e. The molecule has 2 N–H and O–H groups in total. The minimum absolute atomic E-state index is 0.215. The average Bonchev–Trinajstić information content (AvgIpc) is 2.70. The predicted octanol–water partition coefficient (Wildman–Crippen LogP) is 2.14. The van der Waals surface area contributed by atoms with Crippen LogP contribution in [0.4, 0.5) is 17.1 Å². The second-order valence-electron chi connectivity index (χ2n) is 6.71. The molecular weight excluding hydrogens is 342 g/mol. The Labute approximate surface area is 160 Å². The number of amides is 1. The molecule has 1 amide bonds. The van der Waals surface area contributed by atoms with Gasteiger partial charge in [-0.2, -0.15) is 0 Å². The smallest absolute Gasteiger partial charge is 0.274 e. The second-order valence-corrected chi connectivity index (χ2v) is 6.71. The van der Waals surface area contributed by atoms with Crippen molar-refractivity contribution in [2.45, 2.75) is 0 Å². The highest BCUT2D eigenvalue weighted by molar-refractivity contribution is 6.03. The van der Waals surface area contributed by atoms with Gasteiger partial charge in [0.05, 0.1) is 25.1 Å². The SMILES string of the molecule is CN(C)c1ccc(NC(=O)c2ccc(NCCN3CCOCC3)cn2)cc1. The van der Waals surface area contributed by atoms with Crippen molar-refractivity contribution >= 4 is 23.0 Å². The molecule has 144 valence electrons. The van der Waals surface area contributed by atoms with E-state index in [1.54, 1.807) is 12.3 Å². The Balaban J connectivity index is 1.47. The molecule has 0 aliphatic carbocycles. The number of benzene rings is 1. The highest BCUT2D eigenvalue weighted by Gasteiger charge is 2.10. The van der Waals surface area contributed by atoms with Crippen molar-refractivity contribution in [1.29, 1.82) is 0 Å². The van der Waals surface area contributed by atoms with E-state index in [-0.39, 0.29) is 5.91 Å². The minimum Gasteiger partial charge on any atom is -0.383 e. The molecule has 1 fully saturated rings. The van der Waals surface area contributed by atoms with Crippen LogP contribution in [0, 0.1) is 0 Å². The maximum Gasteiger partial charge on any atom is 0.274 e. The van der Waals surface area contributed by atoms with Gasteiger partial charge in [0.15, 0.2) is 0 Å². The maximum atomic E-state index is 12.3. The molecule has 1 aromatic carbocycles. The minimum atomic E-state index is -0.215. The number of hydrogen-bond acceptors (Lipinski definition) is 6. The first-order valence-electron chi connectivity index (χ1n) is 9.20. The molecule has 7 nitrogen and oxygen atoms in total. The predicted molar refractivity (Wildman–Crippen MR) is 109 cm³/mol. The summed E-state index contributed by atoms with van der Waals surface area (Å²) in [5, 5.41) is 6.21. The lowest BCUT2D eigenvalue weighted by atomic mass is 10.2. The first-order valence-corrected chi connectivity index (χ1v) is 9.20. The molecule has 0 saturated carbocycles. The standard InChI is InChI=1S/C20H27N5O2/c1-24(2)18-6-3-16(4-7-18)23-20(26)19-8-5-17(15-22-19)21-9-10-25-11-13-27-14-12-25/h3-8,15,21H,9-14H2,1-2H3,(H,23,26). The monoisotopic (exact) mass is 369 g/mol. The molecule has 27 heavy (non-hydrogen) atoms. The number of carbonyl (C=O) groups excluding carboxylic acids is 1. The quantitative estimate of drug-likeness (QED) is 0.779. The zero-order chi connectivity index (χ0) is 19.1. The van der Waals surface area contributed by atoms with Gasteiger partial charge in [0.25, 0.3) is 5.91 Å². The number of anilines is 3. The van der Waals surface area contributed by atoms with Gasteiger partial charge in [0.2, 0.25) is 0 Å². The molecule has 0 unspecified atom stereocenters. The molecule has 1 aromatic heterocycles. The van der Waals surface area contributed by atoms with E-state index < -0.39 is 0 Å². The number of carbonyl (C=O) groups is 1. The zero-order valence-corrected chi connectivity index (χ0v) is 15.9.